The van der Waals surface area contributed by atoms with E-state index >= 15 is 0 Å². The van der Waals surface area contributed by atoms with Crippen LogP contribution < -0.4 is 0 Å². The lowest BCUT2D eigenvalue weighted by molar-refractivity contribution is -0.137. The third-order valence-corrected chi connectivity index (χ3v) is 2.05. The van der Waals surface area contributed by atoms with Gasteiger partial charge in [0.25, 0.3) is 0 Å². The van der Waals surface area contributed by atoms with Crippen LogP contribution >= 0.6 is 15.9 Å². The molecule has 0 heterocycles. The van der Waals surface area contributed by atoms with Crippen LogP contribution in [-0.4, -0.2) is 0 Å². The van der Waals surface area contributed by atoms with Crippen LogP contribution in [0.1, 0.15) is 11.1 Å². The summed E-state index contributed by atoms with van der Waals surface area (Å²) in [7, 11) is 0. The monoisotopic (exact) mass is 262 g/mol. The highest BCUT2D eigenvalue weighted by atomic mass is 79.9. The summed E-state index contributed by atoms with van der Waals surface area (Å²) in [5.41, 5.74) is -0.202. The zero-order chi connectivity index (χ0) is 10.8. The minimum atomic E-state index is -4.33. The summed E-state index contributed by atoms with van der Waals surface area (Å²) in [6, 6.07) is 3.67. The molecule has 0 aliphatic carbocycles. The topological polar surface area (TPSA) is 0 Å². The van der Waals surface area contributed by atoms with Crippen LogP contribution in [-0.2, 0) is 12.6 Å². The van der Waals surface area contributed by atoms with Crippen molar-refractivity contribution in [2.45, 2.75) is 12.6 Å². The van der Waals surface area contributed by atoms with Gasteiger partial charge in [0.15, 0.2) is 0 Å². The predicted octanol–water partition coefficient (Wildman–Crippen LogP) is 3.64. The maximum absolute atomic E-state index is 12.3. The van der Waals surface area contributed by atoms with Gasteiger partial charge >= 0.3 is 6.18 Å². The smallest absolute Gasteiger partial charge is 0.166 e. The Morgan fingerprint density at radius 1 is 1.29 bits per heavy atom. The normalized spacial score (nSPS) is 11.1. The maximum Gasteiger partial charge on any atom is 0.416 e. The number of alkyl halides is 3. The van der Waals surface area contributed by atoms with Gasteiger partial charge in [-0.2, -0.15) is 13.2 Å². The van der Waals surface area contributed by atoms with E-state index in [9.17, 15) is 13.2 Å². The van der Waals surface area contributed by atoms with Crippen molar-refractivity contribution in [2.75, 3.05) is 0 Å². The minimum Gasteiger partial charge on any atom is -0.166 e. The first-order chi connectivity index (χ1) is 6.43. The Balaban J connectivity index is 3.15. The molecule has 1 aromatic rings. The molecule has 74 valence electrons. The van der Waals surface area contributed by atoms with Crippen LogP contribution in [0.4, 0.5) is 13.2 Å². The number of terminal acetylenes is 1. The molecule has 4 heteroatoms. The molecule has 0 unspecified atom stereocenters. The number of benzene rings is 1. The fraction of sp³-hybridized carbons (Fsp3) is 0.200. The predicted molar refractivity (Wildman–Crippen MR) is 51.7 cm³/mol. The summed E-state index contributed by atoms with van der Waals surface area (Å²) in [5, 5.41) is 0. The second-order valence-corrected chi connectivity index (χ2v) is 3.64. The van der Waals surface area contributed by atoms with Crippen LogP contribution in [0.3, 0.4) is 0 Å². The van der Waals surface area contributed by atoms with E-state index in [-0.39, 0.29) is 6.42 Å². The molecular formula is C10H6BrF3. The molecule has 14 heavy (non-hydrogen) atoms. The molecule has 0 saturated carbocycles. The van der Waals surface area contributed by atoms with E-state index in [0.717, 1.165) is 12.1 Å². The fourth-order valence-corrected chi connectivity index (χ4v) is 1.57. The largest absolute Gasteiger partial charge is 0.416 e. The van der Waals surface area contributed by atoms with Crippen LogP contribution in [0, 0.1) is 12.3 Å². The highest BCUT2D eigenvalue weighted by molar-refractivity contribution is 9.10. The summed E-state index contributed by atoms with van der Waals surface area (Å²) in [6.45, 7) is 0. The van der Waals surface area contributed by atoms with Gasteiger partial charge in [0.05, 0.1) is 5.56 Å². The van der Waals surface area contributed by atoms with E-state index in [0.29, 0.717) is 10.0 Å². The Kier molecular flexibility index (Phi) is 3.22. The van der Waals surface area contributed by atoms with Gasteiger partial charge in [0.1, 0.15) is 0 Å². The number of halogens is 4. The van der Waals surface area contributed by atoms with E-state index in [1.807, 2.05) is 0 Å². The third-order valence-electron chi connectivity index (χ3n) is 1.59. The molecule has 1 rings (SSSR count). The Hall–Kier alpha value is -0.950. The Bertz CT molecular complexity index is 374. The molecule has 0 nitrogen and oxygen atoms in total. The van der Waals surface area contributed by atoms with Crippen LogP contribution in [0.2, 0.25) is 0 Å². The molecule has 0 aliphatic rings. The zero-order valence-electron chi connectivity index (χ0n) is 7.03. The first-order valence-electron chi connectivity index (χ1n) is 3.73. The number of rotatable bonds is 1. The molecule has 0 amide bonds. The molecular weight excluding hydrogens is 257 g/mol. The zero-order valence-corrected chi connectivity index (χ0v) is 8.61. The molecule has 0 N–H and O–H groups in total. The summed E-state index contributed by atoms with van der Waals surface area (Å²) >= 11 is 3.01. The van der Waals surface area contributed by atoms with Crippen molar-refractivity contribution in [3.63, 3.8) is 0 Å². The van der Waals surface area contributed by atoms with Crippen molar-refractivity contribution in [2.24, 2.45) is 0 Å². The first kappa shape index (κ1) is 11.1. The molecule has 0 aromatic heterocycles. The summed E-state index contributed by atoms with van der Waals surface area (Å²) in [6.07, 6.45) is 0.894. The minimum absolute atomic E-state index is 0.197. The van der Waals surface area contributed by atoms with Gasteiger partial charge in [-0.1, -0.05) is 15.9 Å². The molecule has 0 fully saturated rings. The second kappa shape index (κ2) is 4.05. The Morgan fingerprint density at radius 2 is 1.93 bits per heavy atom. The number of hydrogen-bond donors (Lipinski definition) is 0. The highest BCUT2D eigenvalue weighted by Gasteiger charge is 2.30. The lowest BCUT2D eigenvalue weighted by Gasteiger charge is -2.08. The molecule has 0 bridgehead atoms. The summed E-state index contributed by atoms with van der Waals surface area (Å²) in [5.74, 6) is 2.30. The lowest BCUT2D eigenvalue weighted by Crippen LogP contribution is -2.05. The van der Waals surface area contributed by atoms with Gasteiger partial charge in [0, 0.05) is 10.9 Å². The van der Waals surface area contributed by atoms with E-state index in [4.69, 9.17) is 6.42 Å². The maximum atomic E-state index is 12.3. The van der Waals surface area contributed by atoms with E-state index in [1.54, 1.807) is 6.07 Å². The first-order valence-corrected chi connectivity index (χ1v) is 4.53. The number of hydrogen-bond acceptors (Lipinski definition) is 0. The second-order valence-electron chi connectivity index (χ2n) is 2.73. The van der Waals surface area contributed by atoms with Crippen LogP contribution in [0.5, 0.6) is 0 Å². The summed E-state index contributed by atoms with van der Waals surface area (Å²) < 4.78 is 37.3. The van der Waals surface area contributed by atoms with Gasteiger partial charge in [-0.15, -0.1) is 12.3 Å². The molecule has 0 atom stereocenters. The van der Waals surface area contributed by atoms with Crippen LogP contribution in [0.25, 0.3) is 0 Å². The van der Waals surface area contributed by atoms with Gasteiger partial charge in [-0.25, -0.2) is 0 Å². The summed E-state index contributed by atoms with van der Waals surface area (Å²) in [4.78, 5) is 0. The van der Waals surface area contributed by atoms with E-state index in [1.165, 1.54) is 0 Å². The average molecular weight is 263 g/mol. The van der Waals surface area contributed by atoms with Gasteiger partial charge in [-0.05, 0) is 23.8 Å². The molecule has 0 aliphatic heterocycles. The molecule has 0 saturated heterocycles. The standard InChI is InChI=1S/C10H6BrF3/c1-2-3-7-4-8(10(12,13)14)6-9(11)5-7/h1,4-6H,3H2. The molecule has 0 spiro atoms. The van der Waals surface area contributed by atoms with Gasteiger partial charge < -0.3 is 0 Å². The Morgan fingerprint density at radius 3 is 2.43 bits per heavy atom. The lowest BCUT2D eigenvalue weighted by atomic mass is 10.1. The van der Waals surface area contributed by atoms with E-state index in [2.05, 4.69) is 21.9 Å². The van der Waals surface area contributed by atoms with Crippen molar-refractivity contribution in [1.29, 1.82) is 0 Å². The van der Waals surface area contributed by atoms with Crippen molar-refractivity contribution < 1.29 is 13.2 Å². The Labute approximate surface area is 88.3 Å². The molecule has 0 radical (unpaired) electrons. The van der Waals surface area contributed by atoms with Crippen molar-refractivity contribution in [3.05, 3.63) is 33.8 Å². The quantitative estimate of drug-likeness (QED) is 0.678. The third kappa shape index (κ3) is 2.78. The van der Waals surface area contributed by atoms with Crippen molar-refractivity contribution in [1.82, 2.24) is 0 Å². The molecule has 1 aromatic carbocycles. The van der Waals surface area contributed by atoms with Gasteiger partial charge in [0.2, 0.25) is 0 Å². The van der Waals surface area contributed by atoms with Crippen molar-refractivity contribution in [3.8, 4) is 12.3 Å². The fourth-order valence-electron chi connectivity index (χ4n) is 1.03. The SMILES string of the molecule is C#CCc1cc(Br)cc(C(F)(F)F)c1. The van der Waals surface area contributed by atoms with Crippen LogP contribution in [0.15, 0.2) is 22.7 Å². The van der Waals surface area contributed by atoms with E-state index < -0.39 is 11.7 Å². The highest BCUT2D eigenvalue weighted by Crippen LogP contribution is 2.31. The van der Waals surface area contributed by atoms with Crippen molar-refractivity contribution >= 4 is 15.9 Å². The average Bonchev–Trinajstić information content (AvgIpc) is 2.02. The van der Waals surface area contributed by atoms with Gasteiger partial charge in [-0.3, -0.25) is 0 Å².